The summed E-state index contributed by atoms with van der Waals surface area (Å²) < 4.78 is 26.9. The summed E-state index contributed by atoms with van der Waals surface area (Å²) in [5.74, 6) is 0.236. The third-order valence-corrected chi connectivity index (χ3v) is 7.17. The van der Waals surface area contributed by atoms with Crippen LogP contribution in [0, 0.1) is 0 Å². The average molecular weight is 491 g/mol. The van der Waals surface area contributed by atoms with Crippen LogP contribution in [-0.2, 0) is 16.4 Å². The molecule has 0 aliphatic heterocycles. The zero-order valence-electron chi connectivity index (χ0n) is 18.4. The van der Waals surface area contributed by atoms with E-state index in [1.54, 1.807) is 12.1 Å². The van der Waals surface area contributed by atoms with Gasteiger partial charge in [0.1, 0.15) is 5.65 Å². The maximum Gasteiger partial charge on any atom is 0.208 e. The Labute approximate surface area is 201 Å². The topological polar surface area (TPSA) is 93.4 Å². The number of thioether (sulfide) groups is 1. The van der Waals surface area contributed by atoms with Crippen molar-refractivity contribution in [2.75, 3.05) is 18.6 Å². The number of fused-ring (bicyclic) bond motifs is 5. The summed E-state index contributed by atoms with van der Waals surface area (Å²) in [6.45, 7) is 0.324. The molecular formula is C25H22N4O3S2. The van der Waals surface area contributed by atoms with Gasteiger partial charge < -0.3 is 0 Å². The molecule has 0 spiro atoms. The Hall–Kier alpha value is -3.27. The second-order valence-corrected chi connectivity index (χ2v) is 10.8. The van der Waals surface area contributed by atoms with E-state index < -0.39 is 10.0 Å². The number of aromatic nitrogens is 3. The number of hydrogen-bond acceptors (Lipinski definition) is 6. The summed E-state index contributed by atoms with van der Waals surface area (Å²) in [4.78, 5) is 22.6. The minimum Gasteiger partial charge on any atom is -0.293 e. The summed E-state index contributed by atoms with van der Waals surface area (Å²) in [5, 5.41) is 1.69. The Balaban J connectivity index is 1.38. The lowest BCUT2D eigenvalue weighted by atomic mass is 10.1. The van der Waals surface area contributed by atoms with Crippen molar-refractivity contribution in [3.05, 3.63) is 83.9 Å². The van der Waals surface area contributed by atoms with Gasteiger partial charge in [-0.15, -0.1) is 0 Å². The Morgan fingerprint density at radius 2 is 1.65 bits per heavy atom. The molecule has 172 valence electrons. The minimum absolute atomic E-state index is 0.00154. The molecule has 3 aromatic carbocycles. The van der Waals surface area contributed by atoms with Crippen LogP contribution in [0.4, 0.5) is 0 Å². The molecule has 0 amide bonds. The molecule has 5 aromatic rings. The highest BCUT2D eigenvalue weighted by Gasteiger charge is 2.16. The van der Waals surface area contributed by atoms with Crippen molar-refractivity contribution < 1.29 is 13.2 Å². The van der Waals surface area contributed by atoms with Crippen LogP contribution >= 0.6 is 11.8 Å². The van der Waals surface area contributed by atoms with Gasteiger partial charge in [-0.1, -0.05) is 60.3 Å². The number of hydrogen-bond donors (Lipinski definition) is 1. The first-order valence-corrected chi connectivity index (χ1v) is 13.6. The molecule has 5 rings (SSSR count). The molecule has 0 radical (unpaired) electrons. The molecule has 7 nitrogen and oxygen atoms in total. The van der Waals surface area contributed by atoms with E-state index in [0.29, 0.717) is 18.5 Å². The zero-order valence-corrected chi connectivity index (χ0v) is 20.1. The van der Waals surface area contributed by atoms with Crippen LogP contribution in [0.25, 0.3) is 27.6 Å². The Morgan fingerprint density at radius 3 is 2.41 bits per heavy atom. The van der Waals surface area contributed by atoms with Gasteiger partial charge in [-0.2, -0.15) is 0 Å². The molecule has 0 aliphatic carbocycles. The molecule has 1 N–H and O–H groups in total. The first-order valence-electron chi connectivity index (χ1n) is 10.7. The lowest BCUT2D eigenvalue weighted by molar-refractivity contribution is 0.102. The molecule has 0 saturated heterocycles. The third kappa shape index (κ3) is 4.68. The maximum atomic E-state index is 12.9. The number of carbonyl (C=O) groups excluding carboxylic acids is 1. The van der Waals surface area contributed by atoms with E-state index in [0.717, 1.165) is 44.6 Å². The van der Waals surface area contributed by atoms with Crippen molar-refractivity contribution in [1.29, 1.82) is 0 Å². The van der Waals surface area contributed by atoms with Crippen LogP contribution in [0.1, 0.15) is 15.9 Å². The van der Waals surface area contributed by atoms with Crippen LogP contribution in [0.15, 0.2) is 78.0 Å². The normalized spacial score (nSPS) is 12.0. The fourth-order valence-corrected chi connectivity index (χ4v) is 5.24. The number of Topliss-reactive ketones (excluding diaryl/α,β-unsaturated/α-hetero) is 1. The summed E-state index contributed by atoms with van der Waals surface area (Å²) in [6, 6.07) is 23.1. The number of para-hydroxylation sites is 3. The first kappa shape index (κ1) is 22.5. The molecule has 0 unspecified atom stereocenters. The molecule has 0 bridgehead atoms. The molecule has 0 aliphatic rings. The number of ketones is 1. The van der Waals surface area contributed by atoms with Crippen molar-refractivity contribution in [3.8, 4) is 0 Å². The van der Waals surface area contributed by atoms with Gasteiger partial charge in [-0.25, -0.2) is 23.1 Å². The van der Waals surface area contributed by atoms with E-state index in [4.69, 9.17) is 9.97 Å². The fourth-order valence-electron chi connectivity index (χ4n) is 3.86. The summed E-state index contributed by atoms with van der Waals surface area (Å²) in [7, 11) is -3.21. The van der Waals surface area contributed by atoms with Crippen molar-refractivity contribution in [2.45, 2.75) is 11.6 Å². The lowest BCUT2D eigenvalue weighted by Crippen LogP contribution is -2.24. The number of nitrogens with one attached hydrogen (secondary N) is 1. The summed E-state index contributed by atoms with van der Waals surface area (Å²) in [6.07, 6.45) is 1.69. The lowest BCUT2D eigenvalue weighted by Gasteiger charge is -2.08. The number of benzene rings is 3. The van der Waals surface area contributed by atoms with Gasteiger partial charge in [-0.05, 0) is 36.2 Å². The maximum absolute atomic E-state index is 12.9. The van der Waals surface area contributed by atoms with Gasteiger partial charge in [0.25, 0.3) is 0 Å². The molecule has 9 heteroatoms. The molecule has 0 atom stereocenters. The van der Waals surface area contributed by atoms with Gasteiger partial charge >= 0.3 is 0 Å². The van der Waals surface area contributed by atoms with Gasteiger partial charge in [0.2, 0.25) is 10.0 Å². The van der Waals surface area contributed by atoms with Crippen molar-refractivity contribution >= 4 is 55.2 Å². The van der Waals surface area contributed by atoms with Crippen LogP contribution in [-0.4, -0.2) is 47.1 Å². The van der Waals surface area contributed by atoms with Crippen molar-refractivity contribution in [1.82, 2.24) is 19.1 Å². The minimum atomic E-state index is -3.21. The quantitative estimate of drug-likeness (QED) is 0.200. The molecule has 2 heterocycles. The Bertz CT molecular complexity index is 1630. The predicted octanol–water partition coefficient (Wildman–Crippen LogP) is 4.10. The molecule has 0 fully saturated rings. The van der Waals surface area contributed by atoms with Crippen molar-refractivity contribution in [2.24, 2.45) is 0 Å². The Kier molecular flexibility index (Phi) is 6.07. The fraction of sp³-hybridized carbons (Fsp3) is 0.160. The van der Waals surface area contributed by atoms with Gasteiger partial charge in [0, 0.05) is 17.5 Å². The van der Waals surface area contributed by atoms with E-state index in [1.165, 1.54) is 11.8 Å². The van der Waals surface area contributed by atoms with Gasteiger partial charge in [-0.3, -0.25) is 9.20 Å². The number of nitrogens with zero attached hydrogens (tertiary/aromatic N) is 3. The van der Waals surface area contributed by atoms with E-state index in [2.05, 4.69) is 4.72 Å². The molecule has 0 saturated carbocycles. The molecule has 34 heavy (non-hydrogen) atoms. The third-order valence-electron chi connectivity index (χ3n) is 5.50. The van der Waals surface area contributed by atoms with E-state index in [1.807, 2.05) is 65.1 Å². The van der Waals surface area contributed by atoms with Crippen LogP contribution in [0.2, 0.25) is 0 Å². The summed E-state index contributed by atoms with van der Waals surface area (Å²) in [5.41, 5.74) is 5.08. The van der Waals surface area contributed by atoms with Crippen LogP contribution in [0.3, 0.4) is 0 Å². The SMILES string of the molecule is CS(=O)(=O)NCCc1ccc(C(=O)CSc2nc3ccccc3c3nc4ccccc4n23)cc1. The molecular weight excluding hydrogens is 468 g/mol. The van der Waals surface area contributed by atoms with E-state index >= 15 is 0 Å². The second-order valence-electron chi connectivity index (χ2n) is 8.00. The number of carbonyl (C=O) groups is 1. The highest BCUT2D eigenvalue weighted by Crippen LogP contribution is 2.29. The Morgan fingerprint density at radius 1 is 0.941 bits per heavy atom. The number of imidazole rings is 1. The monoisotopic (exact) mass is 490 g/mol. The zero-order chi connectivity index (χ0) is 23.7. The van der Waals surface area contributed by atoms with Gasteiger partial charge in [0.05, 0.1) is 28.6 Å². The van der Waals surface area contributed by atoms with E-state index in [-0.39, 0.29) is 11.5 Å². The smallest absolute Gasteiger partial charge is 0.208 e. The molecule has 2 aromatic heterocycles. The van der Waals surface area contributed by atoms with Crippen molar-refractivity contribution in [3.63, 3.8) is 0 Å². The first-order chi connectivity index (χ1) is 16.4. The van der Waals surface area contributed by atoms with E-state index in [9.17, 15) is 13.2 Å². The van der Waals surface area contributed by atoms with Gasteiger partial charge in [0.15, 0.2) is 10.9 Å². The van der Waals surface area contributed by atoms with Crippen LogP contribution < -0.4 is 4.72 Å². The highest BCUT2D eigenvalue weighted by molar-refractivity contribution is 7.99. The standard InChI is InChI=1S/C25H22N4O3S2/c1-34(31,32)26-15-14-17-10-12-18(13-11-17)23(30)16-33-25-28-20-7-3-2-6-19(20)24-27-21-8-4-5-9-22(21)29(24)25/h2-13,26H,14-16H2,1H3. The average Bonchev–Trinajstić information content (AvgIpc) is 3.22. The number of rotatable bonds is 8. The summed E-state index contributed by atoms with van der Waals surface area (Å²) >= 11 is 1.39. The highest BCUT2D eigenvalue weighted by atomic mass is 32.2. The number of sulfonamides is 1. The second kappa shape index (κ2) is 9.17. The predicted molar refractivity (Wildman–Crippen MR) is 136 cm³/mol. The largest absolute Gasteiger partial charge is 0.293 e. The van der Waals surface area contributed by atoms with Crippen LogP contribution in [0.5, 0.6) is 0 Å².